The molecule has 1 unspecified atom stereocenters. The standard InChI is InChI=1S/C6H9O5/c7-2-4(9)1-5(10)6(11)3-8/h1,3-4,7-9,11H,2H2. The Morgan fingerprint density at radius 3 is 2.45 bits per heavy atom. The number of carbonyl (C=O) groups is 1. The summed E-state index contributed by atoms with van der Waals surface area (Å²) in [5.41, 5.74) is 0. The fourth-order valence-electron chi connectivity index (χ4n) is 0.376. The van der Waals surface area contributed by atoms with Crippen LogP contribution in [0.15, 0.2) is 12.0 Å². The molecule has 0 bridgehead atoms. The van der Waals surface area contributed by atoms with Crippen LogP contribution < -0.4 is 0 Å². The third-order valence-electron chi connectivity index (χ3n) is 0.906. The zero-order valence-corrected chi connectivity index (χ0v) is 5.64. The first-order chi connectivity index (χ1) is 5.11. The van der Waals surface area contributed by atoms with Crippen LogP contribution >= 0.6 is 0 Å². The lowest BCUT2D eigenvalue weighted by atomic mass is 10.2. The van der Waals surface area contributed by atoms with Crippen molar-refractivity contribution in [1.82, 2.24) is 0 Å². The predicted molar refractivity (Wildman–Crippen MR) is 35.7 cm³/mol. The first kappa shape index (κ1) is 9.93. The number of aliphatic hydroxyl groups excluding tert-OH is 4. The maximum atomic E-state index is 10.5. The van der Waals surface area contributed by atoms with Crippen molar-refractivity contribution in [3.63, 3.8) is 0 Å². The van der Waals surface area contributed by atoms with Crippen LogP contribution in [0.2, 0.25) is 0 Å². The average Bonchev–Trinajstić information content (AvgIpc) is 2.02. The van der Waals surface area contributed by atoms with E-state index in [1.807, 2.05) is 0 Å². The molecule has 0 aromatic rings. The van der Waals surface area contributed by atoms with E-state index in [-0.39, 0.29) is 6.26 Å². The molecule has 0 aliphatic rings. The quantitative estimate of drug-likeness (QED) is 0.315. The van der Waals surface area contributed by atoms with Crippen LogP contribution in [0.25, 0.3) is 0 Å². The maximum Gasteiger partial charge on any atom is 0.206 e. The molecule has 0 aliphatic carbocycles. The van der Waals surface area contributed by atoms with E-state index < -0.39 is 24.3 Å². The van der Waals surface area contributed by atoms with Crippen LogP contribution in [0.3, 0.4) is 0 Å². The second-order valence-corrected chi connectivity index (χ2v) is 1.80. The molecule has 0 aromatic heterocycles. The van der Waals surface area contributed by atoms with Gasteiger partial charge in [-0.05, 0) is 0 Å². The van der Waals surface area contributed by atoms with Crippen LogP contribution in [0.1, 0.15) is 0 Å². The van der Waals surface area contributed by atoms with Crippen LogP contribution in [-0.2, 0) is 4.79 Å². The van der Waals surface area contributed by atoms with Crippen molar-refractivity contribution in [1.29, 1.82) is 0 Å². The van der Waals surface area contributed by atoms with Gasteiger partial charge in [0.2, 0.25) is 5.78 Å². The lowest BCUT2D eigenvalue weighted by Crippen LogP contribution is -2.19. The minimum atomic E-state index is -1.32. The molecule has 4 N–H and O–H groups in total. The lowest BCUT2D eigenvalue weighted by molar-refractivity contribution is -0.116. The van der Waals surface area contributed by atoms with E-state index in [1.165, 1.54) is 0 Å². The summed E-state index contributed by atoms with van der Waals surface area (Å²) >= 11 is 0. The van der Waals surface area contributed by atoms with Crippen molar-refractivity contribution >= 4 is 5.78 Å². The Hall–Kier alpha value is -1.07. The minimum absolute atomic E-state index is 0.211. The second-order valence-electron chi connectivity index (χ2n) is 1.80. The summed E-state index contributed by atoms with van der Waals surface area (Å²) in [6.45, 7) is -0.607. The third-order valence-corrected chi connectivity index (χ3v) is 0.906. The summed E-state index contributed by atoms with van der Waals surface area (Å²) in [6, 6.07) is 0. The topological polar surface area (TPSA) is 98.0 Å². The number of rotatable bonds is 4. The van der Waals surface area contributed by atoms with Crippen molar-refractivity contribution in [2.75, 3.05) is 6.61 Å². The van der Waals surface area contributed by atoms with Gasteiger partial charge in [0, 0.05) is 0 Å². The number of hydrogen-bond donors (Lipinski definition) is 4. The monoisotopic (exact) mass is 161 g/mol. The highest BCUT2D eigenvalue weighted by atomic mass is 16.3. The van der Waals surface area contributed by atoms with Crippen molar-refractivity contribution in [2.45, 2.75) is 6.10 Å². The van der Waals surface area contributed by atoms with E-state index in [4.69, 9.17) is 20.4 Å². The van der Waals surface area contributed by atoms with Gasteiger partial charge in [-0.25, -0.2) is 0 Å². The summed E-state index contributed by atoms with van der Waals surface area (Å²) in [6.07, 6.45) is -0.421. The van der Waals surface area contributed by atoms with Gasteiger partial charge in [0.05, 0.1) is 19.1 Å². The molecule has 0 amide bonds. The molecule has 0 rings (SSSR count). The Morgan fingerprint density at radius 1 is 1.55 bits per heavy atom. The largest absolute Gasteiger partial charge is 0.512 e. The summed E-state index contributed by atoms with van der Waals surface area (Å²) < 4.78 is 0. The molecule has 0 spiro atoms. The van der Waals surface area contributed by atoms with Crippen molar-refractivity contribution in [2.24, 2.45) is 0 Å². The van der Waals surface area contributed by atoms with Crippen LogP contribution in [0.4, 0.5) is 0 Å². The maximum absolute atomic E-state index is 10.5. The minimum Gasteiger partial charge on any atom is -0.512 e. The van der Waals surface area contributed by atoms with Gasteiger partial charge in [0.25, 0.3) is 0 Å². The highest BCUT2D eigenvalue weighted by Gasteiger charge is 2.13. The Labute approximate surface area is 63.2 Å². The summed E-state index contributed by atoms with van der Waals surface area (Å²) in [5.74, 6) is -1.81. The third kappa shape index (κ3) is 3.59. The molecule has 11 heavy (non-hydrogen) atoms. The van der Waals surface area contributed by atoms with Gasteiger partial charge < -0.3 is 20.4 Å². The number of ketones is 1. The molecule has 0 saturated heterocycles. The molecule has 0 saturated carbocycles. The van der Waals surface area contributed by atoms with Crippen molar-refractivity contribution in [3.05, 3.63) is 18.4 Å². The first-order valence-electron chi connectivity index (χ1n) is 2.83. The fourth-order valence-corrected chi connectivity index (χ4v) is 0.376. The van der Waals surface area contributed by atoms with Gasteiger partial charge in [-0.15, -0.1) is 0 Å². The van der Waals surface area contributed by atoms with E-state index in [1.54, 1.807) is 0 Å². The average molecular weight is 161 g/mol. The Bertz CT molecular complexity index is 162. The molecule has 1 atom stereocenters. The molecule has 63 valence electrons. The predicted octanol–water partition coefficient (Wildman–Crippen LogP) is -0.930. The van der Waals surface area contributed by atoms with Gasteiger partial charge >= 0.3 is 0 Å². The van der Waals surface area contributed by atoms with Gasteiger partial charge in [-0.2, -0.15) is 0 Å². The zero-order chi connectivity index (χ0) is 8.85. The summed E-state index contributed by atoms with van der Waals surface area (Å²) in [7, 11) is 0. The number of allylic oxidation sites excluding steroid dienone is 1. The second kappa shape index (κ2) is 4.70. The smallest absolute Gasteiger partial charge is 0.206 e. The normalized spacial score (nSPS) is 14.5. The molecule has 1 radical (unpaired) electrons. The first-order valence-corrected chi connectivity index (χ1v) is 2.83. The number of Topliss-reactive ketones (excluding diaryl/α,β-unsaturated/α-hetero) is 1. The highest BCUT2D eigenvalue weighted by molar-refractivity contribution is 5.99. The van der Waals surface area contributed by atoms with Gasteiger partial charge in [0.15, 0.2) is 5.76 Å². The summed E-state index contributed by atoms with van der Waals surface area (Å²) in [4.78, 5) is 10.5. The van der Waals surface area contributed by atoms with Crippen LogP contribution in [0.5, 0.6) is 0 Å². The van der Waals surface area contributed by atoms with Crippen molar-refractivity contribution < 1.29 is 25.2 Å². The Kier molecular flexibility index (Phi) is 4.24. The van der Waals surface area contributed by atoms with E-state index in [0.29, 0.717) is 6.42 Å². The summed E-state index contributed by atoms with van der Waals surface area (Å²) in [5, 5.41) is 33.5. The van der Waals surface area contributed by atoms with Crippen LogP contribution in [-0.4, -0.2) is 38.9 Å². The molecule has 5 heteroatoms. The Morgan fingerprint density at radius 2 is 2.09 bits per heavy atom. The zero-order valence-electron chi connectivity index (χ0n) is 5.64. The van der Waals surface area contributed by atoms with E-state index >= 15 is 0 Å². The van der Waals surface area contributed by atoms with Crippen LogP contribution in [0, 0.1) is 6.42 Å². The number of carbonyl (C=O) groups excluding carboxylic acids is 1. The van der Waals surface area contributed by atoms with Gasteiger partial charge in [0.1, 0.15) is 6.26 Å². The molecular weight excluding hydrogens is 152 g/mol. The molecule has 0 heterocycles. The van der Waals surface area contributed by atoms with E-state index in [9.17, 15) is 4.79 Å². The lowest BCUT2D eigenvalue weighted by Gasteiger charge is -2.02. The van der Waals surface area contributed by atoms with E-state index in [2.05, 4.69) is 0 Å². The fraction of sp³-hybridized carbons (Fsp3) is 0.333. The number of aliphatic hydroxyl groups is 4. The highest BCUT2D eigenvalue weighted by Crippen LogP contribution is 1.97. The van der Waals surface area contributed by atoms with E-state index in [0.717, 1.165) is 0 Å². The van der Waals surface area contributed by atoms with Gasteiger partial charge in [-0.3, -0.25) is 4.79 Å². The molecule has 0 aliphatic heterocycles. The van der Waals surface area contributed by atoms with Gasteiger partial charge in [-0.1, -0.05) is 0 Å². The molecular formula is C6H9O5. The molecule has 5 nitrogen and oxygen atoms in total. The molecule has 0 aromatic carbocycles. The molecule has 0 fully saturated rings. The Balaban J connectivity index is 3.88. The van der Waals surface area contributed by atoms with Crippen molar-refractivity contribution in [3.8, 4) is 0 Å². The SMILES string of the molecule is O=C([CH]C(O)CO)C(O)=CO. The number of hydrogen-bond acceptors (Lipinski definition) is 5.